The Morgan fingerprint density at radius 3 is 2.77 bits per heavy atom. The standard InChI is InChI=1S/C9H4F2OS/c10-8-6-3-5(4-12)1-2-7(6)13-9(8)11/h1-4H. The highest BCUT2D eigenvalue weighted by molar-refractivity contribution is 7.17. The maximum Gasteiger partial charge on any atom is 0.213 e. The molecule has 0 aliphatic rings. The number of aldehydes is 1. The van der Waals surface area contributed by atoms with E-state index in [0.29, 0.717) is 16.5 Å². The highest BCUT2D eigenvalue weighted by atomic mass is 32.1. The third kappa shape index (κ3) is 1.23. The van der Waals surface area contributed by atoms with Crippen molar-refractivity contribution in [1.82, 2.24) is 0 Å². The van der Waals surface area contributed by atoms with Crippen molar-refractivity contribution in [2.24, 2.45) is 0 Å². The van der Waals surface area contributed by atoms with Crippen LogP contribution in [0.1, 0.15) is 10.4 Å². The average molecular weight is 198 g/mol. The van der Waals surface area contributed by atoms with Crippen LogP contribution in [0.5, 0.6) is 0 Å². The lowest BCUT2D eigenvalue weighted by molar-refractivity contribution is 0.112. The summed E-state index contributed by atoms with van der Waals surface area (Å²) in [6.45, 7) is 0. The maximum absolute atomic E-state index is 13.0. The van der Waals surface area contributed by atoms with Gasteiger partial charge < -0.3 is 0 Å². The number of hydrogen-bond acceptors (Lipinski definition) is 2. The summed E-state index contributed by atoms with van der Waals surface area (Å²) in [6, 6.07) is 4.41. The van der Waals surface area contributed by atoms with Crippen LogP contribution in [-0.2, 0) is 0 Å². The summed E-state index contributed by atoms with van der Waals surface area (Å²) in [5.74, 6) is -0.872. The van der Waals surface area contributed by atoms with Crippen LogP contribution < -0.4 is 0 Å². The molecule has 1 heterocycles. The molecule has 0 spiro atoms. The minimum atomic E-state index is -0.872. The average Bonchev–Trinajstić information content (AvgIpc) is 2.43. The van der Waals surface area contributed by atoms with E-state index in [-0.39, 0.29) is 5.39 Å². The van der Waals surface area contributed by atoms with Gasteiger partial charge in [0.15, 0.2) is 5.82 Å². The zero-order valence-electron chi connectivity index (χ0n) is 6.38. The molecular weight excluding hydrogens is 194 g/mol. The molecule has 66 valence electrons. The number of benzene rings is 1. The van der Waals surface area contributed by atoms with Crippen LogP contribution in [0.25, 0.3) is 10.1 Å². The molecule has 13 heavy (non-hydrogen) atoms. The second kappa shape index (κ2) is 2.88. The lowest BCUT2D eigenvalue weighted by Gasteiger charge is -1.90. The third-order valence-corrected chi connectivity index (χ3v) is 2.68. The van der Waals surface area contributed by atoms with E-state index in [9.17, 15) is 13.6 Å². The Bertz CT molecular complexity index is 476. The highest BCUT2D eigenvalue weighted by Crippen LogP contribution is 2.28. The van der Waals surface area contributed by atoms with Crippen molar-refractivity contribution in [2.75, 3.05) is 0 Å². The Labute approximate surface area is 76.6 Å². The summed E-state index contributed by atoms with van der Waals surface area (Å²) in [7, 11) is 0. The number of carbonyl (C=O) groups is 1. The van der Waals surface area contributed by atoms with Crippen molar-refractivity contribution in [2.45, 2.75) is 0 Å². The van der Waals surface area contributed by atoms with Crippen LogP contribution in [-0.4, -0.2) is 6.29 Å². The van der Waals surface area contributed by atoms with E-state index in [0.717, 1.165) is 11.3 Å². The number of hydrogen-bond donors (Lipinski definition) is 0. The summed E-state index contributed by atoms with van der Waals surface area (Å²) in [4.78, 5) is 10.4. The Morgan fingerprint density at radius 2 is 2.08 bits per heavy atom. The first-order valence-corrected chi connectivity index (χ1v) is 4.37. The van der Waals surface area contributed by atoms with Gasteiger partial charge in [0.25, 0.3) is 0 Å². The number of fused-ring (bicyclic) bond motifs is 1. The summed E-state index contributed by atoms with van der Waals surface area (Å²) < 4.78 is 26.2. The van der Waals surface area contributed by atoms with Gasteiger partial charge in [-0.3, -0.25) is 4.79 Å². The zero-order valence-corrected chi connectivity index (χ0v) is 7.20. The van der Waals surface area contributed by atoms with E-state index in [1.165, 1.54) is 18.2 Å². The molecule has 0 atom stereocenters. The second-order valence-electron chi connectivity index (χ2n) is 2.56. The van der Waals surface area contributed by atoms with Gasteiger partial charge in [-0.1, -0.05) is 6.07 Å². The first kappa shape index (κ1) is 8.31. The lowest BCUT2D eigenvalue weighted by Crippen LogP contribution is -1.79. The molecule has 0 saturated carbocycles. The quantitative estimate of drug-likeness (QED) is 0.644. The SMILES string of the molecule is O=Cc1ccc2sc(F)c(F)c2c1. The van der Waals surface area contributed by atoms with Crippen molar-refractivity contribution < 1.29 is 13.6 Å². The van der Waals surface area contributed by atoms with Gasteiger partial charge >= 0.3 is 0 Å². The van der Waals surface area contributed by atoms with E-state index in [1.54, 1.807) is 0 Å². The molecule has 0 unspecified atom stereocenters. The Hall–Kier alpha value is -1.29. The fraction of sp³-hybridized carbons (Fsp3) is 0. The predicted octanol–water partition coefficient (Wildman–Crippen LogP) is 2.99. The van der Waals surface area contributed by atoms with Gasteiger partial charge in [-0.05, 0) is 12.1 Å². The molecule has 0 bridgehead atoms. The van der Waals surface area contributed by atoms with Gasteiger partial charge in [0.1, 0.15) is 6.29 Å². The number of halogens is 2. The molecule has 0 saturated heterocycles. The number of rotatable bonds is 1. The molecule has 1 aromatic heterocycles. The molecule has 0 N–H and O–H groups in total. The molecule has 0 amide bonds. The van der Waals surface area contributed by atoms with Crippen molar-refractivity contribution in [3.63, 3.8) is 0 Å². The van der Waals surface area contributed by atoms with Gasteiger partial charge in [-0.2, -0.15) is 4.39 Å². The Balaban J connectivity index is 2.81. The van der Waals surface area contributed by atoms with Crippen LogP contribution in [0.3, 0.4) is 0 Å². The summed E-state index contributed by atoms with van der Waals surface area (Å²) in [6.07, 6.45) is 0.606. The molecule has 0 fully saturated rings. The van der Waals surface area contributed by atoms with Crippen LogP contribution in [0.15, 0.2) is 18.2 Å². The minimum Gasteiger partial charge on any atom is -0.298 e. The third-order valence-electron chi connectivity index (χ3n) is 1.75. The van der Waals surface area contributed by atoms with Gasteiger partial charge in [-0.15, -0.1) is 11.3 Å². The predicted molar refractivity (Wildman–Crippen MR) is 47.1 cm³/mol. The molecule has 0 aliphatic heterocycles. The van der Waals surface area contributed by atoms with Gasteiger partial charge in [0.05, 0.1) is 0 Å². The van der Waals surface area contributed by atoms with Crippen LogP contribution in [0, 0.1) is 10.9 Å². The van der Waals surface area contributed by atoms with Crippen LogP contribution in [0.4, 0.5) is 8.78 Å². The van der Waals surface area contributed by atoms with Crippen LogP contribution in [0.2, 0.25) is 0 Å². The molecule has 0 aliphatic carbocycles. The molecule has 1 aromatic carbocycles. The Kier molecular flexibility index (Phi) is 1.84. The van der Waals surface area contributed by atoms with E-state index in [1.807, 2.05) is 0 Å². The molecule has 0 radical (unpaired) electrons. The number of carbonyl (C=O) groups excluding carboxylic acids is 1. The molecular formula is C9H4F2OS. The molecule has 2 rings (SSSR count). The molecule has 2 aromatic rings. The molecule has 4 heteroatoms. The maximum atomic E-state index is 13.0. The van der Waals surface area contributed by atoms with Gasteiger partial charge in [0.2, 0.25) is 5.13 Å². The van der Waals surface area contributed by atoms with Gasteiger partial charge in [0, 0.05) is 15.6 Å². The lowest BCUT2D eigenvalue weighted by atomic mass is 10.2. The van der Waals surface area contributed by atoms with E-state index in [4.69, 9.17) is 0 Å². The smallest absolute Gasteiger partial charge is 0.213 e. The van der Waals surface area contributed by atoms with Crippen LogP contribution >= 0.6 is 11.3 Å². The molecule has 1 nitrogen and oxygen atoms in total. The first-order chi connectivity index (χ1) is 6.22. The fourth-order valence-corrected chi connectivity index (χ4v) is 1.92. The normalized spacial score (nSPS) is 10.6. The first-order valence-electron chi connectivity index (χ1n) is 3.55. The van der Waals surface area contributed by atoms with E-state index in [2.05, 4.69) is 0 Å². The summed E-state index contributed by atoms with van der Waals surface area (Å²) >= 11 is 0.740. The summed E-state index contributed by atoms with van der Waals surface area (Å²) in [5, 5.41) is -0.662. The second-order valence-corrected chi connectivity index (χ2v) is 3.57. The van der Waals surface area contributed by atoms with E-state index >= 15 is 0 Å². The van der Waals surface area contributed by atoms with Gasteiger partial charge in [-0.25, -0.2) is 4.39 Å². The minimum absolute atomic E-state index is 0.173. The largest absolute Gasteiger partial charge is 0.298 e. The monoisotopic (exact) mass is 198 g/mol. The number of thiophene rings is 1. The summed E-state index contributed by atoms with van der Waals surface area (Å²) in [5.41, 5.74) is 0.351. The Morgan fingerprint density at radius 1 is 1.31 bits per heavy atom. The van der Waals surface area contributed by atoms with Crippen molar-refractivity contribution in [1.29, 1.82) is 0 Å². The zero-order chi connectivity index (χ0) is 9.42. The van der Waals surface area contributed by atoms with Crippen molar-refractivity contribution in [3.05, 3.63) is 34.7 Å². The highest BCUT2D eigenvalue weighted by Gasteiger charge is 2.11. The van der Waals surface area contributed by atoms with Crippen molar-refractivity contribution in [3.8, 4) is 0 Å². The topological polar surface area (TPSA) is 17.1 Å². The fourth-order valence-electron chi connectivity index (χ4n) is 1.13. The van der Waals surface area contributed by atoms with Crippen molar-refractivity contribution >= 4 is 27.7 Å². The van der Waals surface area contributed by atoms with E-state index < -0.39 is 10.9 Å².